The van der Waals surface area contributed by atoms with E-state index in [9.17, 15) is 4.79 Å². The predicted molar refractivity (Wildman–Crippen MR) is 56.3 cm³/mol. The molecule has 0 unspecified atom stereocenters. The second kappa shape index (κ2) is 4.41. The van der Waals surface area contributed by atoms with E-state index < -0.39 is 0 Å². The summed E-state index contributed by atoms with van der Waals surface area (Å²) in [5, 5.41) is 3.26. The number of nitrogens with one attached hydrogen (secondary N) is 1. The van der Waals surface area contributed by atoms with Crippen LogP contribution in [0.25, 0.3) is 0 Å². The van der Waals surface area contributed by atoms with E-state index >= 15 is 0 Å². The number of aldehydes is 1. The first-order valence-corrected chi connectivity index (χ1v) is 5.28. The Morgan fingerprint density at radius 1 is 1.36 bits per heavy atom. The van der Waals surface area contributed by atoms with E-state index in [1.54, 1.807) is 0 Å². The van der Waals surface area contributed by atoms with Gasteiger partial charge < -0.3 is 14.8 Å². The topological polar surface area (TPSA) is 38.3 Å². The summed E-state index contributed by atoms with van der Waals surface area (Å²) in [5.41, 5.74) is -0.389. The summed E-state index contributed by atoms with van der Waals surface area (Å²) < 4.78 is 5.70. The Kier molecular flexibility index (Phi) is 3.67. The van der Waals surface area contributed by atoms with Gasteiger partial charge in [-0.3, -0.25) is 0 Å². The number of hydrogen-bond donors (Lipinski definition) is 1. The third-order valence-electron chi connectivity index (χ3n) is 2.64. The Morgan fingerprint density at radius 3 is 2.36 bits per heavy atom. The molecule has 3 heteroatoms. The van der Waals surface area contributed by atoms with Gasteiger partial charge in [0.25, 0.3) is 0 Å². The predicted octanol–water partition coefficient (Wildman–Crippen LogP) is 1.37. The lowest BCUT2D eigenvalue weighted by Gasteiger charge is -2.34. The molecule has 0 aromatic heterocycles. The molecule has 0 spiro atoms. The number of hydrogen-bond acceptors (Lipinski definition) is 3. The summed E-state index contributed by atoms with van der Waals surface area (Å²) in [5.74, 6) is 0. The molecule has 0 bridgehead atoms. The van der Waals surface area contributed by atoms with Crippen molar-refractivity contribution in [2.45, 2.75) is 39.2 Å². The SMILES string of the molecule is CC(C)(C)OCC1(C=O)CCNCC1. The van der Waals surface area contributed by atoms with Crippen LogP contribution in [0.4, 0.5) is 0 Å². The van der Waals surface area contributed by atoms with Crippen molar-refractivity contribution in [3.05, 3.63) is 0 Å². The lowest BCUT2D eigenvalue weighted by atomic mass is 9.81. The van der Waals surface area contributed by atoms with Crippen molar-refractivity contribution in [1.29, 1.82) is 0 Å². The average Bonchev–Trinajstić information content (AvgIpc) is 2.15. The minimum atomic E-state index is -0.238. The van der Waals surface area contributed by atoms with Gasteiger partial charge in [-0.1, -0.05) is 0 Å². The molecule has 1 N–H and O–H groups in total. The molecule has 1 aliphatic rings. The standard InChI is InChI=1S/C11H21NO2/c1-10(2,3)14-9-11(8-13)4-6-12-7-5-11/h8,12H,4-7,9H2,1-3H3. The van der Waals surface area contributed by atoms with Crippen molar-refractivity contribution in [2.24, 2.45) is 5.41 Å². The van der Waals surface area contributed by atoms with Gasteiger partial charge in [-0.25, -0.2) is 0 Å². The van der Waals surface area contributed by atoms with Crippen molar-refractivity contribution in [3.8, 4) is 0 Å². The van der Waals surface area contributed by atoms with E-state index in [2.05, 4.69) is 5.32 Å². The lowest BCUT2D eigenvalue weighted by Crippen LogP contribution is -2.42. The molecule has 1 saturated heterocycles. The summed E-state index contributed by atoms with van der Waals surface area (Å²) in [4.78, 5) is 11.1. The second-order valence-corrected chi connectivity index (χ2v) is 5.13. The second-order valence-electron chi connectivity index (χ2n) is 5.13. The Bertz CT molecular complexity index is 190. The highest BCUT2D eigenvalue weighted by molar-refractivity contribution is 5.59. The van der Waals surface area contributed by atoms with Crippen LogP contribution in [0.2, 0.25) is 0 Å². The van der Waals surface area contributed by atoms with Crippen LogP contribution in [0, 0.1) is 5.41 Å². The van der Waals surface area contributed by atoms with Crippen molar-refractivity contribution >= 4 is 6.29 Å². The molecular formula is C11H21NO2. The van der Waals surface area contributed by atoms with E-state index in [-0.39, 0.29) is 11.0 Å². The van der Waals surface area contributed by atoms with Crippen molar-refractivity contribution in [3.63, 3.8) is 0 Å². The van der Waals surface area contributed by atoms with Gasteiger partial charge in [0.05, 0.1) is 17.6 Å². The minimum absolute atomic E-state index is 0.152. The van der Waals surface area contributed by atoms with Crippen LogP contribution in [0.5, 0.6) is 0 Å². The highest BCUT2D eigenvalue weighted by atomic mass is 16.5. The third kappa shape index (κ3) is 3.39. The van der Waals surface area contributed by atoms with Crippen LogP contribution in [-0.2, 0) is 9.53 Å². The maximum atomic E-state index is 11.1. The zero-order valence-corrected chi connectivity index (χ0v) is 9.43. The van der Waals surface area contributed by atoms with Crippen LogP contribution < -0.4 is 5.32 Å². The summed E-state index contributed by atoms with van der Waals surface area (Å²) in [6, 6.07) is 0. The number of piperidine rings is 1. The molecule has 3 nitrogen and oxygen atoms in total. The van der Waals surface area contributed by atoms with Gasteiger partial charge in [0, 0.05) is 0 Å². The van der Waals surface area contributed by atoms with Crippen LogP contribution in [0.15, 0.2) is 0 Å². The zero-order chi connectivity index (χ0) is 10.7. The molecule has 1 heterocycles. The molecular weight excluding hydrogens is 178 g/mol. The maximum absolute atomic E-state index is 11.1. The molecule has 82 valence electrons. The Balaban J connectivity index is 2.48. The molecule has 0 saturated carbocycles. The van der Waals surface area contributed by atoms with Gasteiger partial charge in [-0.2, -0.15) is 0 Å². The fourth-order valence-corrected chi connectivity index (χ4v) is 1.58. The van der Waals surface area contributed by atoms with E-state index in [0.717, 1.165) is 32.2 Å². The van der Waals surface area contributed by atoms with Crippen LogP contribution in [-0.4, -0.2) is 31.6 Å². The van der Waals surface area contributed by atoms with Gasteiger partial charge in [0.15, 0.2) is 0 Å². The Labute approximate surface area is 86.2 Å². The van der Waals surface area contributed by atoms with Crippen molar-refractivity contribution < 1.29 is 9.53 Å². The normalized spacial score (nSPS) is 21.9. The molecule has 1 fully saturated rings. The first kappa shape index (κ1) is 11.7. The molecule has 0 atom stereocenters. The van der Waals surface area contributed by atoms with Crippen LogP contribution in [0.3, 0.4) is 0 Å². The van der Waals surface area contributed by atoms with E-state index in [4.69, 9.17) is 4.74 Å². The molecule has 1 rings (SSSR count). The fourth-order valence-electron chi connectivity index (χ4n) is 1.58. The Hall–Kier alpha value is -0.410. The highest BCUT2D eigenvalue weighted by Gasteiger charge is 2.33. The third-order valence-corrected chi connectivity index (χ3v) is 2.64. The number of ether oxygens (including phenoxy) is 1. The molecule has 1 aliphatic heterocycles. The average molecular weight is 199 g/mol. The van der Waals surface area contributed by atoms with Gasteiger partial charge in [0.1, 0.15) is 6.29 Å². The largest absolute Gasteiger partial charge is 0.375 e. The molecule has 0 amide bonds. The summed E-state index contributed by atoms with van der Waals surface area (Å²) in [6.07, 6.45) is 2.87. The fraction of sp³-hybridized carbons (Fsp3) is 0.909. The molecule has 0 aliphatic carbocycles. The quantitative estimate of drug-likeness (QED) is 0.698. The first-order chi connectivity index (χ1) is 6.47. The lowest BCUT2D eigenvalue weighted by molar-refractivity contribution is -0.126. The highest BCUT2D eigenvalue weighted by Crippen LogP contribution is 2.28. The minimum Gasteiger partial charge on any atom is -0.375 e. The molecule has 14 heavy (non-hydrogen) atoms. The van der Waals surface area contributed by atoms with E-state index in [0.29, 0.717) is 6.61 Å². The van der Waals surface area contributed by atoms with Gasteiger partial charge in [-0.05, 0) is 46.7 Å². The van der Waals surface area contributed by atoms with Gasteiger partial charge in [0.2, 0.25) is 0 Å². The number of rotatable bonds is 3. The van der Waals surface area contributed by atoms with Gasteiger partial charge in [-0.15, -0.1) is 0 Å². The molecule has 0 aromatic rings. The Morgan fingerprint density at radius 2 is 1.93 bits per heavy atom. The number of carbonyl (C=O) groups excluding carboxylic acids is 1. The summed E-state index contributed by atoms with van der Waals surface area (Å²) in [7, 11) is 0. The summed E-state index contributed by atoms with van der Waals surface area (Å²) in [6.45, 7) is 8.46. The maximum Gasteiger partial charge on any atom is 0.128 e. The number of carbonyl (C=O) groups is 1. The van der Waals surface area contributed by atoms with Crippen molar-refractivity contribution in [2.75, 3.05) is 19.7 Å². The molecule has 0 aromatic carbocycles. The van der Waals surface area contributed by atoms with E-state index in [1.165, 1.54) is 0 Å². The molecule has 0 radical (unpaired) electrons. The monoisotopic (exact) mass is 199 g/mol. The van der Waals surface area contributed by atoms with E-state index in [1.807, 2.05) is 20.8 Å². The van der Waals surface area contributed by atoms with Crippen LogP contribution in [0.1, 0.15) is 33.6 Å². The smallest absolute Gasteiger partial charge is 0.128 e. The van der Waals surface area contributed by atoms with Crippen LogP contribution >= 0.6 is 0 Å². The first-order valence-electron chi connectivity index (χ1n) is 5.28. The van der Waals surface area contributed by atoms with Gasteiger partial charge >= 0.3 is 0 Å². The summed E-state index contributed by atoms with van der Waals surface area (Å²) >= 11 is 0. The van der Waals surface area contributed by atoms with Crippen molar-refractivity contribution in [1.82, 2.24) is 5.32 Å². The zero-order valence-electron chi connectivity index (χ0n) is 9.43.